The summed E-state index contributed by atoms with van der Waals surface area (Å²) in [6.45, 7) is 5.41. The summed E-state index contributed by atoms with van der Waals surface area (Å²) in [4.78, 5) is 10.7. The molecule has 0 spiro atoms. The van der Waals surface area contributed by atoms with E-state index >= 15 is 0 Å². The van der Waals surface area contributed by atoms with Crippen LogP contribution in [-0.4, -0.2) is 29.8 Å². The Morgan fingerprint density at radius 2 is 2.19 bits per heavy atom. The first kappa shape index (κ1) is 13.6. The number of hydrogen-bond donors (Lipinski definition) is 0. The molecule has 16 heavy (non-hydrogen) atoms. The molecular formula is C11H18ClN3S. The molecule has 0 aliphatic rings. The molecule has 1 rings (SSSR count). The van der Waals surface area contributed by atoms with Crippen LogP contribution in [0.1, 0.15) is 20.3 Å². The molecule has 3 nitrogen and oxygen atoms in total. The summed E-state index contributed by atoms with van der Waals surface area (Å²) >= 11 is 7.46. The molecule has 0 aromatic carbocycles. The lowest BCUT2D eigenvalue weighted by Gasteiger charge is -2.22. The van der Waals surface area contributed by atoms with E-state index in [1.54, 1.807) is 0 Å². The molecule has 0 aliphatic carbocycles. The van der Waals surface area contributed by atoms with E-state index in [4.69, 9.17) is 11.6 Å². The fraction of sp³-hybridized carbons (Fsp3) is 0.636. The number of aromatic nitrogens is 2. The zero-order valence-corrected chi connectivity index (χ0v) is 11.8. The fourth-order valence-corrected chi connectivity index (χ4v) is 1.96. The fourth-order valence-electron chi connectivity index (χ4n) is 1.36. The van der Waals surface area contributed by atoms with E-state index in [0.717, 1.165) is 17.5 Å². The predicted octanol–water partition coefficient (Wildman–Crippen LogP) is 3.33. The third-order valence-electron chi connectivity index (χ3n) is 2.52. The number of anilines is 1. The van der Waals surface area contributed by atoms with Gasteiger partial charge in [-0.1, -0.05) is 43.6 Å². The highest BCUT2D eigenvalue weighted by Crippen LogP contribution is 2.20. The number of hydrogen-bond acceptors (Lipinski definition) is 4. The van der Waals surface area contributed by atoms with Crippen molar-refractivity contribution in [3.05, 3.63) is 11.2 Å². The smallest absolute Gasteiger partial charge is 0.190 e. The second-order valence-electron chi connectivity index (χ2n) is 3.93. The van der Waals surface area contributed by atoms with Gasteiger partial charge in [0.1, 0.15) is 11.0 Å². The largest absolute Gasteiger partial charge is 0.359 e. The van der Waals surface area contributed by atoms with Gasteiger partial charge in [0.15, 0.2) is 5.16 Å². The van der Waals surface area contributed by atoms with Crippen LogP contribution >= 0.6 is 23.4 Å². The van der Waals surface area contributed by atoms with Crippen molar-refractivity contribution in [3.8, 4) is 0 Å². The monoisotopic (exact) mass is 259 g/mol. The molecule has 90 valence electrons. The minimum atomic E-state index is 0.505. The molecule has 0 amide bonds. The van der Waals surface area contributed by atoms with Crippen molar-refractivity contribution in [1.82, 2.24) is 9.97 Å². The molecule has 0 saturated heterocycles. The molecule has 1 aromatic rings. The highest BCUT2D eigenvalue weighted by atomic mass is 35.5. The summed E-state index contributed by atoms with van der Waals surface area (Å²) in [6, 6.07) is 1.81. The SMILES string of the molecule is CCC(C)CN(C)c1cc(Cl)nc(SC)n1. The van der Waals surface area contributed by atoms with Gasteiger partial charge >= 0.3 is 0 Å². The Morgan fingerprint density at radius 1 is 1.50 bits per heavy atom. The Kier molecular flexibility index (Phi) is 5.35. The van der Waals surface area contributed by atoms with Crippen LogP contribution < -0.4 is 4.90 Å². The molecule has 0 aliphatic heterocycles. The molecule has 0 N–H and O–H groups in total. The Morgan fingerprint density at radius 3 is 2.75 bits per heavy atom. The first-order chi connectivity index (χ1) is 7.56. The first-order valence-electron chi connectivity index (χ1n) is 5.36. The third-order valence-corrected chi connectivity index (χ3v) is 3.26. The molecule has 0 radical (unpaired) electrons. The van der Waals surface area contributed by atoms with Gasteiger partial charge in [0.2, 0.25) is 0 Å². The Bertz CT molecular complexity index is 346. The summed E-state index contributed by atoms with van der Waals surface area (Å²) in [7, 11) is 2.04. The zero-order valence-electron chi connectivity index (χ0n) is 10.2. The lowest BCUT2D eigenvalue weighted by molar-refractivity contribution is 0.556. The van der Waals surface area contributed by atoms with Crippen molar-refractivity contribution in [2.75, 3.05) is 24.7 Å². The number of thioether (sulfide) groups is 1. The number of nitrogens with zero attached hydrogens (tertiary/aromatic N) is 3. The van der Waals surface area contributed by atoms with Gasteiger partial charge in [-0.15, -0.1) is 0 Å². The maximum absolute atomic E-state index is 5.95. The molecule has 0 fully saturated rings. The van der Waals surface area contributed by atoms with E-state index in [1.807, 2.05) is 19.4 Å². The van der Waals surface area contributed by atoms with Crippen LogP contribution in [0.25, 0.3) is 0 Å². The maximum atomic E-state index is 5.95. The van der Waals surface area contributed by atoms with Crippen molar-refractivity contribution in [3.63, 3.8) is 0 Å². The van der Waals surface area contributed by atoms with Gasteiger partial charge < -0.3 is 4.90 Å². The van der Waals surface area contributed by atoms with Crippen molar-refractivity contribution in [1.29, 1.82) is 0 Å². The topological polar surface area (TPSA) is 29.0 Å². The van der Waals surface area contributed by atoms with Crippen LogP contribution in [0.2, 0.25) is 5.15 Å². The van der Waals surface area contributed by atoms with Crippen molar-refractivity contribution in [2.24, 2.45) is 5.92 Å². The molecule has 5 heteroatoms. The lowest BCUT2D eigenvalue weighted by Crippen LogP contribution is -2.24. The number of rotatable bonds is 5. The second kappa shape index (κ2) is 6.30. The molecular weight excluding hydrogens is 242 g/mol. The van der Waals surface area contributed by atoms with Gasteiger partial charge in [0.25, 0.3) is 0 Å². The molecule has 1 atom stereocenters. The van der Waals surface area contributed by atoms with E-state index in [1.165, 1.54) is 18.2 Å². The molecule has 0 saturated carbocycles. The highest BCUT2D eigenvalue weighted by molar-refractivity contribution is 7.98. The van der Waals surface area contributed by atoms with Crippen molar-refractivity contribution in [2.45, 2.75) is 25.4 Å². The van der Waals surface area contributed by atoms with E-state index in [2.05, 4.69) is 28.7 Å². The summed E-state index contributed by atoms with van der Waals surface area (Å²) in [5.74, 6) is 1.54. The van der Waals surface area contributed by atoms with Gasteiger partial charge in [-0.2, -0.15) is 0 Å². The normalized spacial score (nSPS) is 12.6. The van der Waals surface area contributed by atoms with E-state index in [0.29, 0.717) is 11.1 Å². The summed E-state index contributed by atoms with van der Waals surface area (Å²) < 4.78 is 0. The van der Waals surface area contributed by atoms with Crippen LogP contribution in [0.5, 0.6) is 0 Å². The van der Waals surface area contributed by atoms with Crippen LogP contribution in [0, 0.1) is 5.92 Å². The molecule has 1 aromatic heterocycles. The second-order valence-corrected chi connectivity index (χ2v) is 5.09. The standard InChI is InChI=1S/C11H18ClN3S/c1-5-8(2)7-15(3)10-6-9(12)13-11(14-10)16-4/h6,8H,5,7H2,1-4H3. The third kappa shape index (κ3) is 3.83. The minimum Gasteiger partial charge on any atom is -0.359 e. The van der Waals surface area contributed by atoms with Gasteiger partial charge in [-0.3, -0.25) is 0 Å². The molecule has 1 heterocycles. The Labute approximate surface area is 107 Å². The summed E-state index contributed by atoms with van der Waals surface area (Å²) in [5, 5.41) is 1.23. The van der Waals surface area contributed by atoms with Gasteiger partial charge in [0, 0.05) is 19.7 Å². The Hall–Kier alpha value is -0.480. The predicted molar refractivity (Wildman–Crippen MR) is 71.5 cm³/mol. The van der Waals surface area contributed by atoms with Gasteiger partial charge in [-0.25, -0.2) is 9.97 Å². The minimum absolute atomic E-state index is 0.505. The molecule has 1 unspecified atom stereocenters. The maximum Gasteiger partial charge on any atom is 0.190 e. The van der Waals surface area contributed by atoms with E-state index in [-0.39, 0.29) is 0 Å². The summed E-state index contributed by atoms with van der Waals surface area (Å²) in [6.07, 6.45) is 3.11. The van der Waals surface area contributed by atoms with Crippen molar-refractivity contribution < 1.29 is 0 Å². The highest BCUT2D eigenvalue weighted by Gasteiger charge is 2.09. The van der Waals surface area contributed by atoms with Crippen LogP contribution in [0.3, 0.4) is 0 Å². The van der Waals surface area contributed by atoms with Crippen LogP contribution in [-0.2, 0) is 0 Å². The van der Waals surface area contributed by atoms with Gasteiger partial charge in [0.05, 0.1) is 0 Å². The quantitative estimate of drug-likeness (QED) is 0.461. The van der Waals surface area contributed by atoms with Crippen LogP contribution in [0.4, 0.5) is 5.82 Å². The summed E-state index contributed by atoms with van der Waals surface area (Å²) in [5.41, 5.74) is 0. The molecule has 0 bridgehead atoms. The lowest BCUT2D eigenvalue weighted by atomic mass is 10.1. The first-order valence-corrected chi connectivity index (χ1v) is 6.96. The van der Waals surface area contributed by atoms with Crippen molar-refractivity contribution >= 4 is 29.2 Å². The van der Waals surface area contributed by atoms with E-state index in [9.17, 15) is 0 Å². The van der Waals surface area contributed by atoms with Gasteiger partial charge in [-0.05, 0) is 12.2 Å². The zero-order chi connectivity index (χ0) is 12.1. The average Bonchev–Trinajstić information content (AvgIpc) is 2.27. The van der Waals surface area contributed by atoms with Crippen LogP contribution in [0.15, 0.2) is 11.2 Å². The average molecular weight is 260 g/mol. The van der Waals surface area contributed by atoms with E-state index < -0.39 is 0 Å². The Balaban J connectivity index is 2.82. The number of halogens is 1.